The van der Waals surface area contributed by atoms with Gasteiger partial charge >= 0.3 is 0 Å². The number of fused-ring (bicyclic) bond motifs is 1. The molecule has 0 saturated carbocycles. The number of carbonyl (C=O) groups is 1. The van der Waals surface area contributed by atoms with Gasteiger partial charge in [-0.2, -0.15) is 0 Å². The van der Waals surface area contributed by atoms with Crippen LogP contribution in [-0.2, 0) is 17.8 Å². The Morgan fingerprint density at radius 1 is 1.26 bits per heavy atom. The highest BCUT2D eigenvalue weighted by molar-refractivity contribution is 5.79. The molecule has 3 rings (SSSR count). The largest absolute Gasteiger partial charge is 0.492 e. The third-order valence-electron chi connectivity index (χ3n) is 4.18. The summed E-state index contributed by atoms with van der Waals surface area (Å²) in [6.07, 6.45) is 0.689. The van der Waals surface area contributed by atoms with Crippen LogP contribution >= 0.6 is 0 Å². The van der Waals surface area contributed by atoms with Crippen LogP contribution in [0.3, 0.4) is 0 Å². The summed E-state index contributed by atoms with van der Waals surface area (Å²) in [4.78, 5) is 14.5. The van der Waals surface area contributed by atoms with Crippen LogP contribution in [0.1, 0.15) is 18.1 Å². The molecule has 1 amide bonds. The zero-order valence-electron chi connectivity index (χ0n) is 13.2. The molecular formula is C19H20FNO2. The smallest absolute Gasteiger partial charge is 0.229 e. The quantitative estimate of drug-likeness (QED) is 0.865. The van der Waals surface area contributed by atoms with Gasteiger partial charge in [-0.05, 0) is 42.7 Å². The summed E-state index contributed by atoms with van der Waals surface area (Å²) >= 11 is 0. The fourth-order valence-corrected chi connectivity index (χ4v) is 2.95. The summed E-state index contributed by atoms with van der Waals surface area (Å²) in [5.41, 5.74) is 1.87. The Kier molecular flexibility index (Phi) is 4.60. The molecule has 1 unspecified atom stereocenters. The van der Waals surface area contributed by atoms with Crippen molar-refractivity contribution in [2.75, 3.05) is 13.2 Å². The molecule has 4 heteroatoms. The molecule has 23 heavy (non-hydrogen) atoms. The van der Waals surface area contributed by atoms with Crippen LogP contribution in [0, 0.1) is 11.7 Å². The first-order chi connectivity index (χ1) is 11.2. The Morgan fingerprint density at radius 2 is 2.09 bits per heavy atom. The number of nitrogens with zero attached hydrogens (tertiary/aromatic N) is 1. The molecule has 0 saturated heterocycles. The molecule has 0 spiro atoms. The van der Waals surface area contributed by atoms with Crippen molar-refractivity contribution in [1.29, 1.82) is 0 Å². The van der Waals surface area contributed by atoms with Gasteiger partial charge in [-0.15, -0.1) is 0 Å². The number of halogens is 1. The summed E-state index contributed by atoms with van der Waals surface area (Å²) in [6.45, 7) is 3.35. The van der Waals surface area contributed by atoms with E-state index in [1.165, 1.54) is 12.1 Å². The monoisotopic (exact) mass is 313 g/mol. The van der Waals surface area contributed by atoms with E-state index in [1.54, 1.807) is 11.0 Å². The van der Waals surface area contributed by atoms with Crippen LogP contribution in [0.4, 0.5) is 4.39 Å². The predicted molar refractivity (Wildman–Crippen MR) is 86.6 cm³/mol. The first-order valence-corrected chi connectivity index (χ1v) is 7.91. The van der Waals surface area contributed by atoms with Gasteiger partial charge in [0.2, 0.25) is 5.91 Å². The van der Waals surface area contributed by atoms with Gasteiger partial charge in [-0.25, -0.2) is 4.39 Å². The highest BCUT2D eigenvalue weighted by Gasteiger charge is 2.28. The predicted octanol–water partition coefficient (Wildman–Crippen LogP) is 3.43. The topological polar surface area (TPSA) is 29.5 Å². The van der Waals surface area contributed by atoms with Crippen molar-refractivity contribution in [2.24, 2.45) is 5.92 Å². The normalized spacial score (nSPS) is 16.3. The SMILES string of the molecule is CCN(Cc1cccc(F)c1)C(=O)C1COc2ccccc2C1. The van der Waals surface area contributed by atoms with E-state index < -0.39 is 0 Å². The van der Waals surface area contributed by atoms with Crippen molar-refractivity contribution in [3.05, 3.63) is 65.5 Å². The second-order valence-corrected chi connectivity index (χ2v) is 5.80. The molecule has 1 aliphatic heterocycles. The summed E-state index contributed by atoms with van der Waals surface area (Å²) in [5, 5.41) is 0. The van der Waals surface area contributed by atoms with Crippen LogP contribution in [0.2, 0.25) is 0 Å². The second-order valence-electron chi connectivity index (χ2n) is 5.80. The minimum atomic E-state index is -0.277. The zero-order chi connectivity index (χ0) is 16.2. The van der Waals surface area contributed by atoms with Crippen LogP contribution in [0.25, 0.3) is 0 Å². The molecule has 0 bridgehead atoms. The van der Waals surface area contributed by atoms with Gasteiger partial charge in [-0.3, -0.25) is 4.79 Å². The molecule has 2 aromatic rings. The van der Waals surface area contributed by atoms with Gasteiger partial charge in [0.05, 0.1) is 5.92 Å². The average molecular weight is 313 g/mol. The summed E-state index contributed by atoms with van der Waals surface area (Å²) in [7, 11) is 0. The van der Waals surface area contributed by atoms with E-state index in [1.807, 2.05) is 37.3 Å². The van der Waals surface area contributed by atoms with Gasteiger partial charge in [0.15, 0.2) is 0 Å². The number of hydrogen-bond acceptors (Lipinski definition) is 2. The molecule has 1 atom stereocenters. The van der Waals surface area contributed by atoms with Gasteiger partial charge in [0.1, 0.15) is 18.2 Å². The van der Waals surface area contributed by atoms with E-state index in [-0.39, 0.29) is 17.6 Å². The fraction of sp³-hybridized carbons (Fsp3) is 0.316. The standard InChI is InChI=1S/C19H20FNO2/c1-2-21(12-14-6-5-8-17(20)10-14)19(22)16-11-15-7-3-4-9-18(15)23-13-16/h3-10,16H,2,11-13H2,1H3. The zero-order valence-corrected chi connectivity index (χ0v) is 13.2. The number of benzene rings is 2. The maximum atomic E-state index is 13.3. The third kappa shape index (κ3) is 3.52. The van der Waals surface area contributed by atoms with Crippen LogP contribution in [0.5, 0.6) is 5.75 Å². The number of para-hydroxylation sites is 1. The van der Waals surface area contributed by atoms with E-state index in [0.717, 1.165) is 16.9 Å². The average Bonchev–Trinajstić information content (AvgIpc) is 2.58. The summed E-state index contributed by atoms with van der Waals surface area (Å²) in [5.74, 6) is 0.468. The van der Waals surface area contributed by atoms with Crippen LogP contribution in [-0.4, -0.2) is 24.0 Å². The van der Waals surface area contributed by atoms with Crippen molar-refractivity contribution in [3.63, 3.8) is 0 Å². The highest BCUT2D eigenvalue weighted by Crippen LogP contribution is 2.28. The minimum Gasteiger partial charge on any atom is -0.492 e. The molecule has 2 aromatic carbocycles. The number of ether oxygens (including phenoxy) is 1. The molecule has 1 heterocycles. The Hall–Kier alpha value is -2.36. The minimum absolute atomic E-state index is 0.0614. The Bertz CT molecular complexity index is 701. The Labute approximate surface area is 135 Å². The molecule has 0 fully saturated rings. The van der Waals surface area contributed by atoms with E-state index in [4.69, 9.17) is 4.74 Å². The maximum Gasteiger partial charge on any atom is 0.229 e. The lowest BCUT2D eigenvalue weighted by molar-refractivity contribution is -0.137. The molecule has 120 valence electrons. The molecule has 3 nitrogen and oxygen atoms in total. The van der Waals surface area contributed by atoms with E-state index in [0.29, 0.717) is 26.1 Å². The van der Waals surface area contributed by atoms with E-state index >= 15 is 0 Å². The Morgan fingerprint density at radius 3 is 2.87 bits per heavy atom. The molecule has 0 radical (unpaired) electrons. The van der Waals surface area contributed by atoms with Gasteiger partial charge in [-0.1, -0.05) is 30.3 Å². The third-order valence-corrected chi connectivity index (χ3v) is 4.18. The number of rotatable bonds is 4. The first kappa shape index (κ1) is 15.5. The fourth-order valence-electron chi connectivity index (χ4n) is 2.95. The van der Waals surface area contributed by atoms with Crippen molar-refractivity contribution in [1.82, 2.24) is 4.90 Å². The lowest BCUT2D eigenvalue weighted by Crippen LogP contribution is -2.40. The first-order valence-electron chi connectivity index (χ1n) is 7.91. The van der Waals surface area contributed by atoms with Crippen molar-refractivity contribution in [2.45, 2.75) is 19.9 Å². The van der Waals surface area contributed by atoms with Crippen molar-refractivity contribution < 1.29 is 13.9 Å². The second kappa shape index (κ2) is 6.82. The van der Waals surface area contributed by atoms with Gasteiger partial charge in [0.25, 0.3) is 0 Å². The summed E-state index contributed by atoms with van der Waals surface area (Å²) in [6, 6.07) is 14.2. The summed E-state index contributed by atoms with van der Waals surface area (Å²) < 4.78 is 19.0. The van der Waals surface area contributed by atoms with Crippen molar-refractivity contribution in [3.8, 4) is 5.75 Å². The van der Waals surface area contributed by atoms with Crippen LogP contribution in [0.15, 0.2) is 48.5 Å². The number of carbonyl (C=O) groups excluding carboxylic acids is 1. The molecule has 0 aromatic heterocycles. The highest BCUT2D eigenvalue weighted by atomic mass is 19.1. The van der Waals surface area contributed by atoms with E-state index in [2.05, 4.69) is 0 Å². The molecule has 0 N–H and O–H groups in total. The molecule has 0 aliphatic carbocycles. The number of hydrogen-bond donors (Lipinski definition) is 0. The van der Waals surface area contributed by atoms with Crippen LogP contribution < -0.4 is 4.74 Å². The van der Waals surface area contributed by atoms with Gasteiger partial charge in [0, 0.05) is 13.1 Å². The Balaban J connectivity index is 1.71. The lowest BCUT2D eigenvalue weighted by Gasteiger charge is -2.30. The molecular weight excluding hydrogens is 293 g/mol. The van der Waals surface area contributed by atoms with Gasteiger partial charge < -0.3 is 9.64 Å². The molecule has 1 aliphatic rings. The van der Waals surface area contributed by atoms with E-state index in [9.17, 15) is 9.18 Å². The number of amides is 1. The maximum absolute atomic E-state index is 13.3. The van der Waals surface area contributed by atoms with Crippen molar-refractivity contribution >= 4 is 5.91 Å². The lowest BCUT2D eigenvalue weighted by atomic mass is 9.95.